The van der Waals surface area contributed by atoms with Gasteiger partial charge in [0.05, 0.1) is 44.9 Å². The molecule has 224 valence electrons. The Labute approximate surface area is 250 Å². The van der Waals surface area contributed by atoms with Gasteiger partial charge in [0.2, 0.25) is 5.95 Å². The lowest BCUT2D eigenvalue weighted by atomic mass is 10.1. The van der Waals surface area contributed by atoms with E-state index in [-0.39, 0.29) is 38.9 Å². The maximum Gasteiger partial charge on any atom is 0.259 e. The first-order chi connectivity index (χ1) is 19.9. The zero-order valence-corrected chi connectivity index (χ0v) is 25.8. The summed E-state index contributed by atoms with van der Waals surface area (Å²) in [7, 11) is -1.40. The third-order valence-electron chi connectivity index (χ3n) is 6.59. The molecule has 2 aromatic carbocycles. The molecule has 0 bridgehead atoms. The van der Waals surface area contributed by atoms with Crippen molar-refractivity contribution in [3.8, 4) is 5.75 Å². The van der Waals surface area contributed by atoms with E-state index in [1.807, 2.05) is 13.8 Å². The number of aromatic nitrogens is 2. The summed E-state index contributed by atoms with van der Waals surface area (Å²) < 4.78 is 31.5. The molecule has 0 saturated carbocycles. The van der Waals surface area contributed by atoms with Gasteiger partial charge in [0.1, 0.15) is 10.8 Å². The molecule has 5 rings (SSSR count). The summed E-state index contributed by atoms with van der Waals surface area (Å²) in [5.41, 5.74) is 1.08. The summed E-state index contributed by atoms with van der Waals surface area (Å²) in [6.07, 6.45) is 3.96. The number of imide groups is 1. The normalized spacial score (nSPS) is 14.9. The van der Waals surface area contributed by atoms with Crippen LogP contribution in [-0.2, 0) is 9.84 Å². The monoisotopic (exact) mass is 614 g/mol. The van der Waals surface area contributed by atoms with Gasteiger partial charge in [-0.2, -0.15) is 4.98 Å². The van der Waals surface area contributed by atoms with Crippen molar-refractivity contribution in [2.45, 2.75) is 56.8 Å². The zero-order valence-electron chi connectivity index (χ0n) is 24.2. The molecular weight excluding hydrogens is 580 g/mol. The Kier molecular flexibility index (Phi) is 9.70. The summed E-state index contributed by atoms with van der Waals surface area (Å²) in [6, 6.07) is 9.44. The highest BCUT2D eigenvalue weighted by atomic mass is 35.5. The number of anilines is 4. The lowest BCUT2D eigenvalue weighted by Crippen LogP contribution is -2.19. The van der Waals surface area contributed by atoms with E-state index in [1.54, 1.807) is 32.0 Å². The molecule has 0 unspecified atom stereocenters. The topological polar surface area (TPSA) is 143 Å². The third-order valence-corrected chi connectivity index (χ3v) is 9.07. The van der Waals surface area contributed by atoms with Crippen molar-refractivity contribution in [1.82, 2.24) is 20.2 Å². The van der Waals surface area contributed by atoms with E-state index in [4.69, 9.17) is 16.3 Å². The summed E-state index contributed by atoms with van der Waals surface area (Å²) in [5.74, 6) is -0.420. The average molecular weight is 615 g/mol. The number of rotatable bonds is 8. The van der Waals surface area contributed by atoms with Gasteiger partial charge in [-0.05, 0) is 84.9 Å². The maximum atomic E-state index is 12.8. The predicted octanol–water partition coefficient (Wildman–Crippen LogP) is 5.18. The highest BCUT2D eigenvalue weighted by Crippen LogP contribution is 2.35. The molecule has 1 aromatic heterocycles. The molecule has 11 nitrogen and oxygen atoms in total. The predicted molar refractivity (Wildman–Crippen MR) is 163 cm³/mol. The number of nitrogens with one attached hydrogen (secondary N) is 3. The summed E-state index contributed by atoms with van der Waals surface area (Å²) in [5, 5.41) is 7.78. The molecule has 0 spiro atoms. The molecule has 0 radical (unpaired) electrons. The number of hydrogen-bond acceptors (Lipinski definition) is 10. The molecule has 2 aliphatic rings. The van der Waals surface area contributed by atoms with Crippen molar-refractivity contribution < 1.29 is 22.7 Å². The van der Waals surface area contributed by atoms with E-state index >= 15 is 0 Å². The van der Waals surface area contributed by atoms with Crippen molar-refractivity contribution in [2.75, 3.05) is 30.8 Å². The number of carbonyl (C=O) groups excluding carboxylic acids is 2. The molecule has 42 heavy (non-hydrogen) atoms. The van der Waals surface area contributed by atoms with Crippen LogP contribution in [0.4, 0.5) is 23.1 Å². The minimum absolute atomic E-state index is 0.101. The van der Waals surface area contributed by atoms with Crippen LogP contribution in [0.3, 0.4) is 0 Å². The molecule has 1 saturated heterocycles. The lowest BCUT2D eigenvalue weighted by Gasteiger charge is -2.17. The molecule has 3 N–H and O–H groups in total. The van der Waals surface area contributed by atoms with Gasteiger partial charge < -0.3 is 20.3 Å². The van der Waals surface area contributed by atoms with Crippen molar-refractivity contribution in [3.63, 3.8) is 0 Å². The Hall–Kier alpha value is -3.74. The number of ether oxygens (including phenoxy) is 1. The SMILES string of the molecule is CC(C)Oc1cc2c(cc1Nc1ncc(Cl)c(Nc3ccccc3S(=O)(=O)C(C)C)n1)C(=O)NC2=O.CN1CCCC1. The van der Waals surface area contributed by atoms with Crippen LogP contribution in [0.25, 0.3) is 0 Å². The van der Waals surface area contributed by atoms with Gasteiger partial charge in [-0.25, -0.2) is 13.4 Å². The fourth-order valence-electron chi connectivity index (χ4n) is 4.35. The second-order valence-electron chi connectivity index (χ2n) is 10.6. The Morgan fingerprint density at radius 3 is 2.21 bits per heavy atom. The van der Waals surface area contributed by atoms with Gasteiger partial charge in [0, 0.05) is 0 Å². The van der Waals surface area contributed by atoms with Crippen molar-refractivity contribution in [2.24, 2.45) is 0 Å². The van der Waals surface area contributed by atoms with E-state index in [1.165, 1.54) is 50.3 Å². The van der Waals surface area contributed by atoms with Gasteiger partial charge in [0.25, 0.3) is 11.8 Å². The van der Waals surface area contributed by atoms with Gasteiger partial charge in [-0.15, -0.1) is 0 Å². The average Bonchev–Trinajstić information content (AvgIpc) is 3.52. The largest absolute Gasteiger partial charge is 0.489 e. The van der Waals surface area contributed by atoms with Gasteiger partial charge in [0.15, 0.2) is 15.7 Å². The Balaban J connectivity index is 0.000000600. The Morgan fingerprint density at radius 2 is 1.62 bits per heavy atom. The van der Waals surface area contributed by atoms with Crippen LogP contribution in [0.5, 0.6) is 5.75 Å². The molecule has 3 heterocycles. The van der Waals surface area contributed by atoms with E-state index < -0.39 is 26.9 Å². The number of sulfone groups is 1. The molecule has 2 amide bonds. The van der Waals surface area contributed by atoms with Crippen LogP contribution in [-0.4, -0.2) is 66.6 Å². The minimum atomic E-state index is -3.58. The first kappa shape index (κ1) is 31.2. The van der Waals surface area contributed by atoms with E-state index in [9.17, 15) is 18.0 Å². The van der Waals surface area contributed by atoms with Crippen LogP contribution in [0.2, 0.25) is 5.02 Å². The number of benzene rings is 2. The van der Waals surface area contributed by atoms with Crippen molar-refractivity contribution in [1.29, 1.82) is 0 Å². The van der Waals surface area contributed by atoms with Gasteiger partial charge >= 0.3 is 0 Å². The van der Waals surface area contributed by atoms with Crippen molar-refractivity contribution in [3.05, 3.63) is 58.7 Å². The number of halogens is 1. The van der Waals surface area contributed by atoms with Crippen LogP contribution in [0.15, 0.2) is 47.5 Å². The Bertz CT molecular complexity index is 1590. The molecule has 2 aliphatic heterocycles. The summed E-state index contributed by atoms with van der Waals surface area (Å²) in [6.45, 7) is 9.50. The first-order valence-corrected chi connectivity index (χ1v) is 15.6. The van der Waals surface area contributed by atoms with Crippen LogP contribution >= 0.6 is 11.6 Å². The number of para-hydroxylation sites is 1. The van der Waals surface area contributed by atoms with Crippen LogP contribution < -0.4 is 20.7 Å². The zero-order chi connectivity index (χ0) is 30.6. The standard InChI is InChI=1S/C24H24ClN5O5S.C5H11N/c1-12(2)35-19-10-15-14(22(31)30-23(15)32)9-18(19)28-24-26-11-16(25)21(29-24)27-17-7-5-6-8-20(17)36(33,34)13(3)4;1-6-4-2-3-5-6/h5-13H,1-4H3,(H,30,31,32)(H2,26,27,28,29);2-5H2,1H3. The van der Waals surface area contributed by atoms with E-state index in [0.717, 1.165) is 0 Å². The summed E-state index contributed by atoms with van der Waals surface area (Å²) in [4.78, 5) is 35.3. The number of likely N-dealkylation sites (tertiary alicyclic amines) is 1. The van der Waals surface area contributed by atoms with E-state index in [2.05, 4.69) is 37.9 Å². The maximum absolute atomic E-state index is 12.8. The van der Waals surface area contributed by atoms with Gasteiger partial charge in [-0.3, -0.25) is 14.9 Å². The number of carbonyl (C=O) groups is 2. The highest BCUT2D eigenvalue weighted by Gasteiger charge is 2.29. The molecule has 0 aliphatic carbocycles. The fourth-order valence-corrected chi connectivity index (χ4v) is 5.69. The number of nitrogens with zero attached hydrogens (tertiary/aromatic N) is 3. The lowest BCUT2D eigenvalue weighted by molar-refractivity contribution is 0.0879. The number of fused-ring (bicyclic) bond motifs is 1. The highest BCUT2D eigenvalue weighted by molar-refractivity contribution is 7.92. The summed E-state index contributed by atoms with van der Waals surface area (Å²) >= 11 is 6.31. The van der Waals surface area contributed by atoms with Crippen LogP contribution in [0, 0.1) is 0 Å². The quantitative estimate of drug-likeness (QED) is 0.290. The second kappa shape index (κ2) is 13.1. The number of hydrogen-bond donors (Lipinski definition) is 3. The second-order valence-corrected chi connectivity index (χ2v) is 13.5. The molecular formula is C29H35ClN6O5S. The minimum Gasteiger partial charge on any atom is -0.489 e. The smallest absolute Gasteiger partial charge is 0.259 e. The molecule has 3 aromatic rings. The molecule has 1 fully saturated rings. The number of amides is 2. The van der Waals surface area contributed by atoms with E-state index in [0.29, 0.717) is 17.1 Å². The first-order valence-electron chi connectivity index (χ1n) is 13.6. The molecule has 0 atom stereocenters. The fraction of sp³-hybridized carbons (Fsp3) is 0.379. The molecule has 13 heteroatoms. The van der Waals surface area contributed by atoms with Crippen LogP contribution in [0.1, 0.15) is 61.3 Å². The van der Waals surface area contributed by atoms with Gasteiger partial charge in [-0.1, -0.05) is 23.7 Å². The Morgan fingerprint density at radius 1 is 0.976 bits per heavy atom. The third kappa shape index (κ3) is 7.18. The van der Waals surface area contributed by atoms with Crippen molar-refractivity contribution >= 4 is 56.4 Å².